The van der Waals surface area contributed by atoms with Gasteiger partial charge in [0.2, 0.25) is 17.8 Å². The number of fused-ring (bicyclic) bond motifs is 1. The van der Waals surface area contributed by atoms with Crippen molar-refractivity contribution in [2.24, 2.45) is 5.10 Å². The normalized spacial score (nSPS) is 10.9. The average molecular weight is 521 g/mol. The highest BCUT2D eigenvalue weighted by molar-refractivity contribution is 6.02. The van der Waals surface area contributed by atoms with E-state index in [1.807, 2.05) is 66.7 Å². The molecule has 0 spiro atoms. The molecule has 0 fully saturated rings. The van der Waals surface area contributed by atoms with Gasteiger partial charge in [0, 0.05) is 29.9 Å². The lowest BCUT2D eigenvalue weighted by Crippen LogP contribution is -2.09. The summed E-state index contributed by atoms with van der Waals surface area (Å²) in [7, 11) is 1.61. The maximum absolute atomic E-state index is 11.0. The number of hydrogen-bond acceptors (Lipinski definition) is 10. The first-order chi connectivity index (χ1) is 19.1. The van der Waals surface area contributed by atoms with E-state index in [1.54, 1.807) is 25.5 Å². The molecule has 11 heteroatoms. The molecule has 0 aliphatic heterocycles. The number of rotatable bonds is 10. The molecular formula is C28H24N8O3. The molecule has 1 heterocycles. The minimum atomic E-state index is -0.455. The van der Waals surface area contributed by atoms with Crippen LogP contribution in [0.5, 0.6) is 5.75 Å². The zero-order valence-corrected chi connectivity index (χ0v) is 20.9. The number of hydrazone groups is 1. The van der Waals surface area contributed by atoms with Crippen LogP contribution in [0.15, 0.2) is 96.1 Å². The van der Waals surface area contributed by atoms with E-state index in [9.17, 15) is 10.1 Å². The van der Waals surface area contributed by atoms with Crippen molar-refractivity contribution in [2.75, 3.05) is 23.2 Å². The van der Waals surface area contributed by atoms with Crippen molar-refractivity contribution in [1.29, 1.82) is 0 Å². The Balaban J connectivity index is 1.41. The van der Waals surface area contributed by atoms with Gasteiger partial charge in [0.15, 0.2) is 0 Å². The monoisotopic (exact) mass is 520 g/mol. The molecule has 1 aromatic heterocycles. The van der Waals surface area contributed by atoms with Crippen molar-refractivity contribution in [1.82, 2.24) is 15.0 Å². The second kappa shape index (κ2) is 11.6. The predicted molar refractivity (Wildman–Crippen MR) is 152 cm³/mol. The van der Waals surface area contributed by atoms with E-state index < -0.39 is 4.92 Å². The van der Waals surface area contributed by atoms with Crippen molar-refractivity contribution in [3.8, 4) is 5.75 Å². The number of nitrogens with zero attached hydrogens (tertiary/aromatic N) is 5. The topological polar surface area (TPSA) is 139 Å². The lowest BCUT2D eigenvalue weighted by Gasteiger charge is -2.11. The highest BCUT2D eigenvalue weighted by atomic mass is 16.6. The summed E-state index contributed by atoms with van der Waals surface area (Å²) in [5.74, 6) is 1.43. The fourth-order valence-electron chi connectivity index (χ4n) is 3.87. The molecule has 4 aromatic carbocycles. The summed E-state index contributed by atoms with van der Waals surface area (Å²) in [6.45, 7) is 0.498. The van der Waals surface area contributed by atoms with Crippen molar-refractivity contribution < 1.29 is 9.66 Å². The largest absolute Gasteiger partial charge is 0.496 e. The van der Waals surface area contributed by atoms with E-state index in [1.165, 1.54) is 12.1 Å². The second-order valence-corrected chi connectivity index (χ2v) is 8.35. The first-order valence-corrected chi connectivity index (χ1v) is 12.0. The Bertz CT molecular complexity index is 1630. The molecule has 0 amide bonds. The van der Waals surface area contributed by atoms with Gasteiger partial charge in [-0.25, -0.2) is 5.43 Å². The molecule has 0 saturated carbocycles. The molecule has 0 saturated heterocycles. The minimum Gasteiger partial charge on any atom is -0.496 e. The van der Waals surface area contributed by atoms with E-state index in [-0.39, 0.29) is 17.6 Å². The van der Waals surface area contributed by atoms with E-state index in [0.29, 0.717) is 23.9 Å². The summed E-state index contributed by atoms with van der Waals surface area (Å²) in [5, 5.41) is 23.7. The highest BCUT2D eigenvalue weighted by Crippen LogP contribution is 2.26. The van der Waals surface area contributed by atoms with Gasteiger partial charge in [-0.3, -0.25) is 10.1 Å². The van der Waals surface area contributed by atoms with Crippen LogP contribution in [0.2, 0.25) is 0 Å². The number of aromatic nitrogens is 3. The third-order valence-electron chi connectivity index (χ3n) is 5.77. The lowest BCUT2D eigenvalue weighted by molar-refractivity contribution is -0.384. The van der Waals surface area contributed by atoms with Crippen LogP contribution in [-0.2, 0) is 6.54 Å². The molecule has 5 aromatic rings. The van der Waals surface area contributed by atoms with Gasteiger partial charge < -0.3 is 15.4 Å². The molecule has 3 N–H and O–H groups in total. The number of anilines is 4. The zero-order chi connectivity index (χ0) is 27.0. The maximum atomic E-state index is 11.0. The number of nitro groups is 1. The molecule has 0 unspecified atom stereocenters. The van der Waals surface area contributed by atoms with Crippen LogP contribution in [0.3, 0.4) is 0 Å². The van der Waals surface area contributed by atoms with Crippen molar-refractivity contribution >= 4 is 46.2 Å². The van der Waals surface area contributed by atoms with Gasteiger partial charge in [0.05, 0.1) is 18.2 Å². The number of hydrogen-bond donors (Lipinski definition) is 3. The van der Waals surface area contributed by atoms with Crippen molar-refractivity contribution in [2.45, 2.75) is 6.54 Å². The Hall–Kier alpha value is -5.58. The first kappa shape index (κ1) is 25.1. The number of nitrogens with one attached hydrogen (secondary N) is 3. The van der Waals surface area contributed by atoms with Gasteiger partial charge in [0.1, 0.15) is 5.75 Å². The minimum absolute atomic E-state index is 0.0121. The summed E-state index contributed by atoms with van der Waals surface area (Å²) in [6, 6.07) is 27.6. The number of benzene rings is 4. The quantitative estimate of drug-likeness (QED) is 0.119. The number of nitro benzene ring substituents is 1. The molecule has 5 rings (SSSR count). The Morgan fingerprint density at radius 3 is 2.36 bits per heavy atom. The molecule has 39 heavy (non-hydrogen) atoms. The summed E-state index contributed by atoms with van der Waals surface area (Å²) in [4.78, 5) is 23.8. The number of methoxy groups -OCH3 is 1. The molecule has 0 atom stereocenters. The molecular weight excluding hydrogens is 496 g/mol. The Morgan fingerprint density at radius 1 is 0.872 bits per heavy atom. The van der Waals surface area contributed by atoms with Crippen LogP contribution in [-0.4, -0.2) is 33.2 Å². The predicted octanol–water partition coefficient (Wildman–Crippen LogP) is 5.74. The third-order valence-corrected chi connectivity index (χ3v) is 5.77. The fraction of sp³-hybridized carbons (Fsp3) is 0.0714. The molecule has 0 radical (unpaired) electrons. The van der Waals surface area contributed by atoms with Crippen LogP contribution >= 0.6 is 0 Å². The average Bonchev–Trinajstić information content (AvgIpc) is 2.97. The zero-order valence-electron chi connectivity index (χ0n) is 20.9. The summed E-state index contributed by atoms with van der Waals surface area (Å²) < 4.78 is 5.54. The number of ether oxygens (including phenoxy) is 1. The lowest BCUT2D eigenvalue weighted by atomic mass is 10.0. The highest BCUT2D eigenvalue weighted by Gasteiger charge is 2.10. The first-order valence-electron chi connectivity index (χ1n) is 12.0. The molecule has 0 aliphatic carbocycles. The standard InChI is InChI=1S/C28H24N8O3/c1-39-25-16-11-20-9-5-6-10-23(20)24(25)18-30-35-28-33-26(29-17-19-7-3-2-4-8-19)32-27(34-28)31-21-12-14-22(15-13-21)36(37)38/h2-16,18H,17H2,1H3,(H3,29,31,32,33,34,35)/b30-18+. The van der Waals surface area contributed by atoms with Crippen LogP contribution < -0.4 is 20.8 Å². The van der Waals surface area contributed by atoms with Gasteiger partial charge in [-0.05, 0) is 34.5 Å². The Labute approximate surface area is 223 Å². The van der Waals surface area contributed by atoms with Gasteiger partial charge in [-0.15, -0.1) is 0 Å². The molecule has 0 bridgehead atoms. The van der Waals surface area contributed by atoms with E-state index >= 15 is 0 Å². The molecule has 194 valence electrons. The summed E-state index contributed by atoms with van der Waals surface area (Å²) in [6.07, 6.45) is 1.66. The van der Waals surface area contributed by atoms with Crippen LogP contribution in [0, 0.1) is 10.1 Å². The molecule has 11 nitrogen and oxygen atoms in total. The summed E-state index contributed by atoms with van der Waals surface area (Å²) in [5.41, 5.74) is 5.31. The van der Waals surface area contributed by atoms with Gasteiger partial charge in [0.25, 0.3) is 5.69 Å². The van der Waals surface area contributed by atoms with Crippen LogP contribution in [0.1, 0.15) is 11.1 Å². The van der Waals surface area contributed by atoms with E-state index in [2.05, 4.69) is 36.1 Å². The number of non-ortho nitro benzene ring substituents is 1. The van der Waals surface area contributed by atoms with Crippen molar-refractivity contribution in [3.63, 3.8) is 0 Å². The van der Waals surface area contributed by atoms with E-state index in [4.69, 9.17) is 4.74 Å². The maximum Gasteiger partial charge on any atom is 0.269 e. The Morgan fingerprint density at radius 2 is 1.59 bits per heavy atom. The van der Waals surface area contributed by atoms with Gasteiger partial charge >= 0.3 is 0 Å². The SMILES string of the molecule is COc1ccc2ccccc2c1/C=N/Nc1nc(NCc2ccccc2)nc(Nc2ccc([N+](=O)[O-])cc2)n1. The molecule has 0 aliphatic rings. The van der Waals surface area contributed by atoms with Crippen LogP contribution in [0.25, 0.3) is 10.8 Å². The van der Waals surface area contributed by atoms with Crippen LogP contribution in [0.4, 0.5) is 29.2 Å². The van der Waals surface area contributed by atoms with Gasteiger partial charge in [-0.1, -0.05) is 60.7 Å². The summed E-state index contributed by atoms with van der Waals surface area (Å²) >= 11 is 0. The Kier molecular flexibility index (Phi) is 7.49. The third kappa shape index (κ3) is 6.23. The van der Waals surface area contributed by atoms with Gasteiger partial charge in [-0.2, -0.15) is 20.1 Å². The van der Waals surface area contributed by atoms with E-state index in [0.717, 1.165) is 21.9 Å². The smallest absolute Gasteiger partial charge is 0.269 e. The van der Waals surface area contributed by atoms with Crippen molar-refractivity contribution in [3.05, 3.63) is 112 Å². The fourth-order valence-corrected chi connectivity index (χ4v) is 3.87. The second-order valence-electron chi connectivity index (χ2n) is 8.35.